The molecule has 1 heterocycles. The molecule has 0 bridgehead atoms. The van der Waals surface area contributed by atoms with E-state index >= 15 is 0 Å². The van der Waals surface area contributed by atoms with Crippen LogP contribution in [0.4, 0.5) is 11.4 Å². The predicted octanol–water partition coefficient (Wildman–Crippen LogP) is 2.15. The van der Waals surface area contributed by atoms with Gasteiger partial charge in [0.25, 0.3) is 15.9 Å². The number of methoxy groups -OCH3 is 1. The van der Waals surface area contributed by atoms with E-state index in [-0.39, 0.29) is 26.2 Å². The number of nitrogens with zero attached hydrogens (tertiary/aromatic N) is 1. The molecule has 0 aromatic heterocycles. The van der Waals surface area contributed by atoms with Crippen molar-refractivity contribution >= 4 is 54.7 Å². The molecule has 12 nitrogen and oxygen atoms in total. The third kappa shape index (κ3) is 7.05. The van der Waals surface area contributed by atoms with Gasteiger partial charge in [-0.1, -0.05) is 12.1 Å². The molecule has 1 aliphatic rings. The van der Waals surface area contributed by atoms with Crippen LogP contribution in [0, 0.1) is 0 Å². The van der Waals surface area contributed by atoms with E-state index in [0.717, 1.165) is 0 Å². The van der Waals surface area contributed by atoms with Crippen molar-refractivity contribution in [3.05, 3.63) is 78.4 Å². The van der Waals surface area contributed by atoms with Gasteiger partial charge < -0.3 is 14.8 Å². The van der Waals surface area contributed by atoms with E-state index in [1.165, 1.54) is 47.8 Å². The molecule has 0 atom stereocenters. The highest BCUT2D eigenvalue weighted by molar-refractivity contribution is 7.92. The fourth-order valence-electron chi connectivity index (χ4n) is 3.71. The normalized spacial score (nSPS) is 14.1. The van der Waals surface area contributed by atoms with Gasteiger partial charge in [-0.3, -0.25) is 20.4 Å². The zero-order chi connectivity index (χ0) is 28.8. The summed E-state index contributed by atoms with van der Waals surface area (Å²) in [6.45, 7) is 1.31. The van der Waals surface area contributed by atoms with Gasteiger partial charge in [0.2, 0.25) is 10.0 Å². The molecule has 40 heavy (non-hydrogen) atoms. The van der Waals surface area contributed by atoms with Crippen LogP contribution < -0.4 is 25.6 Å². The second-order valence-electron chi connectivity index (χ2n) is 8.40. The van der Waals surface area contributed by atoms with Gasteiger partial charge in [0.15, 0.2) is 5.11 Å². The maximum atomic E-state index is 12.8. The van der Waals surface area contributed by atoms with Gasteiger partial charge in [-0.15, -0.1) is 0 Å². The van der Waals surface area contributed by atoms with Crippen LogP contribution >= 0.6 is 12.2 Å². The number of anilines is 2. The second-order valence-corrected chi connectivity index (χ2v) is 12.4. The minimum atomic E-state index is -3.92. The number of thiocarbonyl (C=S) groups is 1. The molecule has 0 aliphatic carbocycles. The molecule has 1 aliphatic heterocycles. The van der Waals surface area contributed by atoms with Crippen LogP contribution in [0.1, 0.15) is 10.4 Å². The van der Waals surface area contributed by atoms with Crippen LogP contribution in [0.2, 0.25) is 0 Å². The van der Waals surface area contributed by atoms with Crippen LogP contribution in [0.25, 0.3) is 0 Å². The third-order valence-electron chi connectivity index (χ3n) is 5.79. The average Bonchev–Trinajstić information content (AvgIpc) is 2.97. The van der Waals surface area contributed by atoms with Gasteiger partial charge >= 0.3 is 0 Å². The highest BCUT2D eigenvalue weighted by Crippen LogP contribution is 2.26. The average molecular weight is 606 g/mol. The van der Waals surface area contributed by atoms with E-state index in [2.05, 4.69) is 20.9 Å². The van der Waals surface area contributed by atoms with Gasteiger partial charge in [0.1, 0.15) is 5.75 Å². The minimum absolute atomic E-state index is 0.0424. The summed E-state index contributed by atoms with van der Waals surface area (Å²) < 4.78 is 65.2. The van der Waals surface area contributed by atoms with Gasteiger partial charge in [0, 0.05) is 24.3 Å². The Morgan fingerprint density at radius 1 is 0.875 bits per heavy atom. The van der Waals surface area contributed by atoms with Crippen molar-refractivity contribution in [2.24, 2.45) is 0 Å². The molecular weight excluding hydrogens is 579 g/mol. The fraction of sp³-hybridized carbons (Fsp3) is 0.200. The number of para-hydroxylation sites is 2. The molecule has 0 saturated carbocycles. The van der Waals surface area contributed by atoms with E-state index < -0.39 is 26.0 Å². The lowest BCUT2D eigenvalue weighted by atomic mass is 10.2. The number of benzene rings is 3. The van der Waals surface area contributed by atoms with Gasteiger partial charge in [0.05, 0.1) is 35.8 Å². The molecular formula is C25H27N5O7S3. The number of amides is 1. The lowest BCUT2D eigenvalue weighted by Crippen LogP contribution is -2.43. The monoisotopic (exact) mass is 605 g/mol. The lowest BCUT2D eigenvalue weighted by Gasteiger charge is -2.26. The Kier molecular flexibility index (Phi) is 9.21. The Balaban J connectivity index is 1.30. The fourth-order valence-corrected chi connectivity index (χ4v) is 6.36. The van der Waals surface area contributed by atoms with Crippen molar-refractivity contribution in [1.82, 2.24) is 15.2 Å². The van der Waals surface area contributed by atoms with Crippen molar-refractivity contribution in [3.63, 3.8) is 0 Å². The first-order chi connectivity index (χ1) is 19.1. The molecule has 212 valence electrons. The van der Waals surface area contributed by atoms with E-state index in [9.17, 15) is 21.6 Å². The Hall–Kier alpha value is -3.76. The van der Waals surface area contributed by atoms with Crippen molar-refractivity contribution in [2.75, 3.05) is 43.5 Å². The summed E-state index contributed by atoms with van der Waals surface area (Å²) in [5.74, 6) is -0.190. The smallest absolute Gasteiger partial charge is 0.269 e. The minimum Gasteiger partial charge on any atom is -0.495 e. The zero-order valence-electron chi connectivity index (χ0n) is 21.3. The van der Waals surface area contributed by atoms with Crippen LogP contribution in [0.5, 0.6) is 5.75 Å². The number of hydrogen-bond donors (Lipinski definition) is 4. The molecule has 0 unspecified atom stereocenters. The standard InChI is InChI=1S/C25H27N5O7S3/c1-36-23-5-3-2-4-22(23)29-39(32,33)20-10-6-18(7-11-20)24(31)27-28-25(38)26-19-8-12-21(13-9-19)40(34,35)30-14-16-37-17-15-30/h2-13,29H,14-17H2,1H3,(H,27,31)(H2,26,28,38). The number of ether oxygens (including phenoxy) is 2. The Labute approximate surface area is 237 Å². The molecule has 1 saturated heterocycles. The van der Waals surface area contributed by atoms with Crippen LogP contribution in [0.3, 0.4) is 0 Å². The number of hydrazine groups is 1. The SMILES string of the molecule is COc1ccccc1NS(=O)(=O)c1ccc(C(=O)NNC(=S)Nc2ccc(S(=O)(=O)N3CCOCC3)cc2)cc1. The van der Waals surface area contributed by atoms with Gasteiger partial charge in [-0.2, -0.15) is 4.31 Å². The maximum absolute atomic E-state index is 12.8. The molecule has 0 spiro atoms. The van der Waals surface area contributed by atoms with E-state index in [1.807, 2.05) is 0 Å². The molecule has 4 N–H and O–H groups in total. The zero-order valence-corrected chi connectivity index (χ0v) is 23.7. The summed E-state index contributed by atoms with van der Waals surface area (Å²) in [6, 6.07) is 18.0. The molecule has 3 aromatic rings. The molecule has 1 amide bonds. The number of rotatable bonds is 8. The summed E-state index contributed by atoms with van der Waals surface area (Å²) in [4.78, 5) is 12.6. The number of morpholine rings is 1. The molecule has 0 radical (unpaired) electrons. The largest absolute Gasteiger partial charge is 0.495 e. The van der Waals surface area contributed by atoms with E-state index in [0.29, 0.717) is 37.7 Å². The number of carbonyl (C=O) groups excluding carboxylic acids is 1. The lowest BCUT2D eigenvalue weighted by molar-refractivity contribution is 0.0730. The Morgan fingerprint density at radius 2 is 1.50 bits per heavy atom. The molecule has 3 aromatic carbocycles. The summed E-state index contributed by atoms with van der Waals surface area (Å²) in [5, 5.41) is 2.90. The third-order valence-corrected chi connectivity index (χ3v) is 9.29. The van der Waals surface area contributed by atoms with Gasteiger partial charge in [-0.25, -0.2) is 16.8 Å². The van der Waals surface area contributed by atoms with Crippen molar-refractivity contribution in [3.8, 4) is 5.75 Å². The number of carbonyl (C=O) groups is 1. The first-order valence-corrected chi connectivity index (χ1v) is 15.2. The molecule has 1 fully saturated rings. The summed E-state index contributed by atoms with van der Waals surface area (Å²) in [6.07, 6.45) is 0. The summed E-state index contributed by atoms with van der Waals surface area (Å²) in [7, 11) is -6.10. The quantitative estimate of drug-likeness (QED) is 0.222. The number of nitrogens with one attached hydrogen (secondary N) is 4. The van der Waals surface area contributed by atoms with Crippen LogP contribution in [0.15, 0.2) is 82.6 Å². The topological polar surface area (TPSA) is 155 Å². The first kappa shape index (κ1) is 29.2. The maximum Gasteiger partial charge on any atom is 0.269 e. The predicted molar refractivity (Wildman–Crippen MR) is 153 cm³/mol. The van der Waals surface area contributed by atoms with Crippen molar-refractivity contribution in [1.29, 1.82) is 0 Å². The summed E-state index contributed by atoms with van der Waals surface area (Å²) in [5.41, 5.74) is 5.95. The summed E-state index contributed by atoms with van der Waals surface area (Å²) >= 11 is 5.19. The van der Waals surface area contributed by atoms with E-state index in [1.54, 1.807) is 36.4 Å². The van der Waals surface area contributed by atoms with E-state index in [4.69, 9.17) is 21.7 Å². The Bertz CT molecular complexity index is 1570. The highest BCUT2D eigenvalue weighted by Gasteiger charge is 2.26. The molecule has 15 heteroatoms. The highest BCUT2D eigenvalue weighted by atomic mass is 32.2. The van der Waals surface area contributed by atoms with Crippen LogP contribution in [-0.2, 0) is 24.8 Å². The van der Waals surface area contributed by atoms with Crippen LogP contribution in [-0.4, -0.2) is 65.6 Å². The second kappa shape index (κ2) is 12.6. The molecule has 4 rings (SSSR count). The number of hydrogen-bond acceptors (Lipinski definition) is 8. The van der Waals surface area contributed by atoms with Crippen molar-refractivity contribution < 1.29 is 31.1 Å². The van der Waals surface area contributed by atoms with Gasteiger partial charge in [-0.05, 0) is 72.9 Å². The first-order valence-electron chi connectivity index (χ1n) is 11.9. The van der Waals surface area contributed by atoms with Crippen molar-refractivity contribution in [2.45, 2.75) is 9.79 Å². The Morgan fingerprint density at radius 3 is 2.15 bits per heavy atom. The number of sulfonamides is 2.